The second-order valence-electron chi connectivity index (χ2n) is 5.35. The van der Waals surface area contributed by atoms with Gasteiger partial charge in [-0.2, -0.15) is 0 Å². The van der Waals surface area contributed by atoms with E-state index in [0.29, 0.717) is 12.1 Å². The fourth-order valence-corrected chi connectivity index (χ4v) is 3.18. The molecule has 102 valence electrons. The van der Waals surface area contributed by atoms with E-state index in [4.69, 9.17) is 10.8 Å². The van der Waals surface area contributed by atoms with Gasteiger partial charge in [0.1, 0.15) is 0 Å². The van der Waals surface area contributed by atoms with Gasteiger partial charge in [0.2, 0.25) is 0 Å². The third kappa shape index (κ3) is 4.23. The minimum Gasteiger partial charge on any atom is -0.396 e. The van der Waals surface area contributed by atoms with E-state index in [2.05, 4.69) is 11.8 Å². The minimum atomic E-state index is 0.311. The number of nitrogens with zero attached hydrogens (tertiary/aromatic N) is 1. The van der Waals surface area contributed by atoms with Gasteiger partial charge in [-0.1, -0.05) is 32.6 Å². The van der Waals surface area contributed by atoms with Gasteiger partial charge in [0, 0.05) is 18.7 Å². The molecule has 1 aliphatic rings. The maximum Gasteiger partial charge on any atom is 0.0431 e. The third-order valence-corrected chi connectivity index (χ3v) is 4.30. The summed E-state index contributed by atoms with van der Waals surface area (Å²) in [7, 11) is 0. The molecular formula is C14H30N2O. The Kier molecular flexibility index (Phi) is 7.09. The van der Waals surface area contributed by atoms with Crippen LogP contribution in [0, 0.1) is 0 Å². The Labute approximate surface area is 106 Å². The third-order valence-electron chi connectivity index (χ3n) is 4.30. The van der Waals surface area contributed by atoms with Gasteiger partial charge >= 0.3 is 0 Å². The number of aliphatic hydroxyl groups is 1. The standard InChI is InChI=1S/C14H30N2O/c1-2-16(11-7-3-4-8-12-17)14(13-15)9-5-6-10-14/h17H,2-13,15H2,1H3. The van der Waals surface area contributed by atoms with Crippen molar-refractivity contribution in [3.63, 3.8) is 0 Å². The molecule has 1 rings (SSSR count). The van der Waals surface area contributed by atoms with Crippen LogP contribution in [0.15, 0.2) is 0 Å². The summed E-state index contributed by atoms with van der Waals surface area (Å²) in [5.74, 6) is 0. The molecule has 3 N–H and O–H groups in total. The molecule has 3 heteroatoms. The first-order valence-electron chi connectivity index (χ1n) is 7.35. The minimum absolute atomic E-state index is 0.311. The lowest BCUT2D eigenvalue weighted by atomic mass is 9.94. The first-order chi connectivity index (χ1) is 8.29. The molecule has 1 saturated carbocycles. The van der Waals surface area contributed by atoms with Crippen molar-refractivity contribution in [1.29, 1.82) is 0 Å². The summed E-state index contributed by atoms with van der Waals surface area (Å²) < 4.78 is 0. The van der Waals surface area contributed by atoms with E-state index in [1.54, 1.807) is 0 Å². The molecule has 0 aromatic heterocycles. The van der Waals surface area contributed by atoms with Crippen LogP contribution in [0.1, 0.15) is 58.3 Å². The molecule has 0 heterocycles. The number of hydrogen-bond acceptors (Lipinski definition) is 3. The van der Waals surface area contributed by atoms with Gasteiger partial charge in [-0.15, -0.1) is 0 Å². The summed E-state index contributed by atoms with van der Waals surface area (Å²) in [5.41, 5.74) is 6.33. The average Bonchev–Trinajstić information content (AvgIpc) is 2.83. The fraction of sp³-hybridized carbons (Fsp3) is 1.00. The molecule has 1 fully saturated rings. The largest absolute Gasteiger partial charge is 0.396 e. The Morgan fingerprint density at radius 1 is 1.12 bits per heavy atom. The second kappa shape index (κ2) is 8.06. The molecule has 1 aliphatic carbocycles. The van der Waals surface area contributed by atoms with Crippen molar-refractivity contribution in [2.24, 2.45) is 5.73 Å². The highest BCUT2D eigenvalue weighted by atomic mass is 16.2. The van der Waals surface area contributed by atoms with Crippen LogP contribution in [0.4, 0.5) is 0 Å². The Hall–Kier alpha value is -0.120. The molecule has 0 bridgehead atoms. The molecule has 17 heavy (non-hydrogen) atoms. The van der Waals surface area contributed by atoms with Crippen molar-refractivity contribution < 1.29 is 5.11 Å². The molecule has 0 atom stereocenters. The molecule has 0 amide bonds. The van der Waals surface area contributed by atoms with Crippen molar-refractivity contribution in [3.8, 4) is 0 Å². The second-order valence-corrected chi connectivity index (χ2v) is 5.35. The number of likely N-dealkylation sites (N-methyl/N-ethyl adjacent to an activating group) is 1. The highest BCUT2D eigenvalue weighted by molar-refractivity contribution is 4.95. The SMILES string of the molecule is CCN(CCCCCCO)C1(CN)CCCC1. The zero-order valence-electron chi connectivity index (χ0n) is 11.5. The van der Waals surface area contributed by atoms with Crippen molar-refractivity contribution in [1.82, 2.24) is 4.90 Å². The highest BCUT2D eigenvalue weighted by Crippen LogP contribution is 2.34. The van der Waals surface area contributed by atoms with Gasteiger partial charge in [0.15, 0.2) is 0 Å². The van der Waals surface area contributed by atoms with Crippen LogP contribution in [0.3, 0.4) is 0 Å². The van der Waals surface area contributed by atoms with Crippen molar-refractivity contribution in [3.05, 3.63) is 0 Å². The Morgan fingerprint density at radius 2 is 1.76 bits per heavy atom. The summed E-state index contributed by atoms with van der Waals surface area (Å²) >= 11 is 0. The smallest absolute Gasteiger partial charge is 0.0431 e. The predicted octanol–water partition coefficient (Wildman–Crippen LogP) is 2.13. The molecular weight excluding hydrogens is 212 g/mol. The topological polar surface area (TPSA) is 49.5 Å². The number of unbranched alkanes of at least 4 members (excludes halogenated alkanes) is 3. The quantitative estimate of drug-likeness (QED) is 0.609. The maximum atomic E-state index is 8.75. The van der Waals surface area contributed by atoms with E-state index < -0.39 is 0 Å². The monoisotopic (exact) mass is 242 g/mol. The number of nitrogens with two attached hydrogens (primary N) is 1. The van der Waals surface area contributed by atoms with Crippen LogP contribution in [-0.4, -0.2) is 41.8 Å². The van der Waals surface area contributed by atoms with Gasteiger partial charge < -0.3 is 10.8 Å². The summed E-state index contributed by atoms with van der Waals surface area (Å²) in [4.78, 5) is 2.61. The van der Waals surface area contributed by atoms with Crippen molar-refractivity contribution >= 4 is 0 Å². The van der Waals surface area contributed by atoms with Crippen LogP contribution < -0.4 is 5.73 Å². The first kappa shape index (κ1) is 14.9. The molecule has 0 unspecified atom stereocenters. The predicted molar refractivity (Wildman–Crippen MR) is 73.1 cm³/mol. The van der Waals surface area contributed by atoms with E-state index >= 15 is 0 Å². The Balaban J connectivity index is 2.31. The Morgan fingerprint density at radius 3 is 2.29 bits per heavy atom. The van der Waals surface area contributed by atoms with Crippen molar-refractivity contribution in [2.45, 2.75) is 63.8 Å². The van der Waals surface area contributed by atoms with Crippen LogP contribution >= 0.6 is 0 Å². The molecule has 0 spiro atoms. The highest BCUT2D eigenvalue weighted by Gasteiger charge is 2.36. The lowest BCUT2D eigenvalue weighted by Crippen LogP contribution is -2.52. The lowest BCUT2D eigenvalue weighted by molar-refractivity contribution is 0.103. The van der Waals surface area contributed by atoms with Crippen LogP contribution in [-0.2, 0) is 0 Å². The first-order valence-corrected chi connectivity index (χ1v) is 7.35. The van der Waals surface area contributed by atoms with E-state index in [9.17, 15) is 0 Å². The fourth-order valence-electron chi connectivity index (χ4n) is 3.18. The number of aliphatic hydroxyl groups excluding tert-OH is 1. The summed E-state index contributed by atoms with van der Waals surface area (Å²) in [6, 6.07) is 0. The molecule has 0 aromatic carbocycles. The van der Waals surface area contributed by atoms with Crippen LogP contribution in [0.5, 0.6) is 0 Å². The van der Waals surface area contributed by atoms with E-state index in [-0.39, 0.29) is 0 Å². The zero-order chi connectivity index (χ0) is 12.6. The summed E-state index contributed by atoms with van der Waals surface area (Å²) in [6.45, 7) is 5.71. The molecule has 0 radical (unpaired) electrons. The average molecular weight is 242 g/mol. The molecule has 0 saturated heterocycles. The van der Waals surface area contributed by atoms with Gasteiger partial charge in [-0.05, 0) is 38.8 Å². The van der Waals surface area contributed by atoms with Gasteiger partial charge in [-0.25, -0.2) is 0 Å². The molecule has 3 nitrogen and oxygen atoms in total. The van der Waals surface area contributed by atoms with Crippen LogP contribution in [0.2, 0.25) is 0 Å². The zero-order valence-corrected chi connectivity index (χ0v) is 11.5. The van der Waals surface area contributed by atoms with Crippen LogP contribution in [0.25, 0.3) is 0 Å². The van der Waals surface area contributed by atoms with E-state index in [0.717, 1.165) is 25.9 Å². The Bertz CT molecular complexity index is 191. The molecule has 0 aliphatic heterocycles. The van der Waals surface area contributed by atoms with E-state index in [1.807, 2.05) is 0 Å². The number of hydrogen-bond donors (Lipinski definition) is 2. The summed E-state index contributed by atoms with van der Waals surface area (Å²) in [5, 5.41) is 8.75. The molecule has 0 aromatic rings. The summed E-state index contributed by atoms with van der Waals surface area (Å²) in [6.07, 6.45) is 9.85. The normalized spacial score (nSPS) is 19.1. The van der Waals surface area contributed by atoms with Gasteiger partial charge in [-0.3, -0.25) is 4.90 Å². The maximum absolute atomic E-state index is 8.75. The van der Waals surface area contributed by atoms with E-state index in [1.165, 1.54) is 45.1 Å². The van der Waals surface area contributed by atoms with Crippen molar-refractivity contribution in [2.75, 3.05) is 26.2 Å². The van der Waals surface area contributed by atoms with Gasteiger partial charge in [0.25, 0.3) is 0 Å². The number of rotatable bonds is 9. The van der Waals surface area contributed by atoms with Gasteiger partial charge in [0.05, 0.1) is 0 Å². The lowest BCUT2D eigenvalue weighted by Gasteiger charge is -2.40.